The Morgan fingerprint density at radius 1 is 1.13 bits per heavy atom. The summed E-state index contributed by atoms with van der Waals surface area (Å²) in [7, 11) is 0. The first-order chi connectivity index (χ1) is 14.8. The van der Waals surface area contributed by atoms with Crippen molar-refractivity contribution in [2.24, 2.45) is 4.99 Å². The second kappa shape index (κ2) is 9.55. The number of hydrogen-bond acceptors (Lipinski definition) is 5. The van der Waals surface area contributed by atoms with Crippen molar-refractivity contribution in [2.45, 2.75) is 26.6 Å². The molecule has 30 heavy (non-hydrogen) atoms. The molecule has 0 aliphatic heterocycles. The van der Waals surface area contributed by atoms with Gasteiger partial charge in [-0.15, -0.1) is 5.10 Å². The summed E-state index contributed by atoms with van der Waals surface area (Å²) < 4.78 is 7.23. The standard InChI is InChI=1S/C21H24N8O/c1-2-22-21(24-14-19-26-20(28-27-19)18-9-5-12-30-18)23-13-16-7-3-4-8-17(16)15-29-11-6-10-25-29/h3-12H,2,13-15H2,1H3,(H2,22,23,24)(H,26,27,28). The molecule has 9 heteroatoms. The van der Waals surface area contributed by atoms with Crippen molar-refractivity contribution in [1.82, 2.24) is 35.6 Å². The lowest BCUT2D eigenvalue weighted by molar-refractivity contribution is 0.577. The second-order valence-electron chi connectivity index (χ2n) is 6.60. The van der Waals surface area contributed by atoms with Gasteiger partial charge in [0, 0.05) is 18.9 Å². The first-order valence-electron chi connectivity index (χ1n) is 9.83. The van der Waals surface area contributed by atoms with E-state index in [9.17, 15) is 0 Å². The molecule has 9 nitrogen and oxygen atoms in total. The summed E-state index contributed by atoms with van der Waals surface area (Å²) >= 11 is 0. The van der Waals surface area contributed by atoms with Crippen LogP contribution in [0.5, 0.6) is 0 Å². The van der Waals surface area contributed by atoms with E-state index in [4.69, 9.17) is 9.41 Å². The van der Waals surface area contributed by atoms with E-state index in [1.807, 2.05) is 48.1 Å². The number of aromatic amines is 1. The van der Waals surface area contributed by atoms with Gasteiger partial charge in [-0.2, -0.15) is 5.10 Å². The van der Waals surface area contributed by atoms with E-state index in [1.54, 1.807) is 12.5 Å². The van der Waals surface area contributed by atoms with Gasteiger partial charge in [-0.1, -0.05) is 24.3 Å². The maximum Gasteiger partial charge on any atom is 0.216 e. The number of nitrogens with one attached hydrogen (secondary N) is 3. The van der Waals surface area contributed by atoms with Gasteiger partial charge in [0.25, 0.3) is 0 Å². The predicted octanol–water partition coefficient (Wildman–Crippen LogP) is 2.56. The molecule has 0 aliphatic rings. The number of benzene rings is 1. The highest BCUT2D eigenvalue weighted by Gasteiger charge is 2.09. The summed E-state index contributed by atoms with van der Waals surface area (Å²) in [5, 5.41) is 18.0. The third-order valence-electron chi connectivity index (χ3n) is 4.46. The molecule has 3 aromatic heterocycles. The minimum Gasteiger partial charge on any atom is -0.461 e. The highest BCUT2D eigenvalue weighted by atomic mass is 16.3. The molecular weight excluding hydrogens is 380 g/mol. The van der Waals surface area contributed by atoms with Gasteiger partial charge in [0.05, 0.1) is 25.9 Å². The summed E-state index contributed by atoms with van der Waals surface area (Å²) in [4.78, 5) is 9.17. The van der Waals surface area contributed by atoms with Crippen molar-refractivity contribution in [3.05, 3.63) is 78.1 Å². The Morgan fingerprint density at radius 2 is 2.03 bits per heavy atom. The number of rotatable bonds is 8. The van der Waals surface area contributed by atoms with Gasteiger partial charge in [0.15, 0.2) is 11.7 Å². The van der Waals surface area contributed by atoms with Crippen LogP contribution in [0.4, 0.5) is 0 Å². The minimum absolute atomic E-state index is 0.467. The smallest absolute Gasteiger partial charge is 0.216 e. The lowest BCUT2D eigenvalue weighted by Crippen LogP contribution is -2.37. The third-order valence-corrected chi connectivity index (χ3v) is 4.46. The number of aromatic nitrogens is 5. The van der Waals surface area contributed by atoms with E-state index < -0.39 is 0 Å². The highest BCUT2D eigenvalue weighted by molar-refractivity contribution is 5.79. The Bertz CT molecular complexity index is 1070. The van der Waals surface area contributed by atoms with Gasteiger partial charge in [-0.25, -0.2) is 9.98 Å². The molecule has 0 amide bonds. The average Bonchev–Trinajstić information content (AvgIpc) is 3.53. The average molecular weight is 404 g/mol. The maximum atomic E-state index is 5.33. The first kappa shape index (κ1) is 19.4. The zero-order chi connectivity index (χ0) is 20.6. The monoisotopic (exact) mass is 404 g/mol. The highest BCUT2D eigenvalue weighted by Crippen LogP contribution is 2.14. The molecule has 4 aromatic rings. The number of guanidine groups is 1. The molecule has 0 aliphatic carbocycles. The molecule has 0 saturated heterocycles. The molecule has 1 aromatic carbocycles. The van der Waals surface area contributed by atoms with E-state index in [-0.39, 0.29) is 0 Å². The fourth-order valence-corrected chi connectivity index (χ4v) is 3.00. The Morgan fingerprint density at radius 3 is 2.80 bits per heavy atom. The number of nitrogens with zero attached hydrogens (tertiary/aromatic N) is 5. The van der Waals surface area contributed by atoms with E-state index in [2.05, 4.69) is 43.0 Å². The maximum absolute atomic E-state index is 5.33. The first-order valence-corrected chi connectivity index (χ1v) is 9.83. The fraction of sp³-hybridized carbons (Fsp3) is 0.238. The lowest BCUT2D eigenvalue weighted by Gasteiger charge is -2.12. The zero-order valence-electron chi connectivity index (χ0n) is 16.7. The number of hydrogen-bond donors (Lipinski definition) is 3. The number of furan rings is 1. The lowest BCUT2D eigenvalue weighted by atomic mass is 10.1. The molecule has 0 spiro atoms. The Labute approximate surface area is 174 Å². The summed E-state index contributed by atoms with van der Waals surface area (Å²) in [6.45, 7) is 4.53. The molecule has 3 N–H and O–H groups in total. The Kier molecular flexibility index (Phi) is 6.19. The van der Waals surface area contributed by atoms with Gasteiger partial charge < -0.3 is 15.1 Å². The molecule has 0 bridgehead atoms. The van der Waals surface area contributed by atoms with Crippen LogP contribution >= 0.6 is 0 Å². The van der Waals surface area contributed by atoms with Crippen molar-refractivity contribution in [3.8, 4) is 11.6 Å². The van der Waals surface area contributed by atoms with Gasteiger partial charge in [-0.3, -0.25) is 9.78 Å². The summed E-state index contributed by atoms with van der Waals surface area (Å²) in [6, 6.07) is 13.8. The summed E-state index contributed by atoms with van der Waals surface area (Å²) in [5.74, 6) is 2.58. The fourth-order valence-electron chi connectivity index (χ4n) is 3.00. The van der Waals surface area contributed by atoms with Crippen LogP contribution in [0, 0.1) is 0 Å². The molecule has 0 fully saturated rings. The van der Waals surface area contributed by atoms with Crippen LogP contribution in [0.1, 0.15) is 23.9 Å². The number of aliphatic imine (C=N–C) groups is 1. The summed E-state index contributed by atoms with van der Waals surface area (Å²) in [5.41, 5.74) is 2.35. The zero-order valence-corrected chi connectivity index (χ0v) is 16.7. The van der Waals surface area contributed by atoms with Crippen molar-refractivity contribution in [3.63, 3.8) is 0 Å². The van der Waals surface area contributed by atoms with Crippen LogP contribution in [-0.2, 0) is 19.6 Å². The van der Waals surface area contributed by atoms with Gasteiger partial charge >= 0.3 is 0 Å². The van der Waals surface area contributed by atoms with Crippen LogP contribution in [0.3, 0.4) is 0 Å². The molecule has 4 rings (SSSR count). The van der Waals surface area contributed by atoms with Crippen LogP contribution in [0.25, 0.3) is 11.6 Å². The molecule has 154 valence electrons. The van der Waals surface area contributed by atoms with Crippen LogP contribution in [0.15, 0.2) is 70.5 Å². The van der Waals surface area contributed by atoms with Crippen molar-refractivity contribution in [1.29, 1.82) is 0 Å². The van der Waals surface area contributed by atoms with E-state index in [1.165, 1.54) is 5.56 Å². The van der Waals surface area contributed by atoms with Crippen molar-refractivity contribution in [2.75, 3.05) is 6.54 Å². The molecule has 0 radical (unpaired) electrons. The van der Waals surface area contributed by atoms with Crippen LogP contribution in [-0.4, -0.2) is 37.5 Å². The van der Waals surface area contributed by atoms with Gasteiger partial charge in [-0.05, 0) is 36.2 Å². The van der Waals surface area contributed by atoms with E-state index in [0.717, 1.165) is 18.7 Å². The topological polar surface area (TPSA) is 109 Å². The SMILES string of the molecule is CCNC(=NCc1ccccc1Cn1cccn1)NCc1nc(-c2ccco2)n[nH]1. The predicted molar refractivity (Wildman–Crippen MR) is 114 cm³/mol. The van der Waals surface area contributed by atoms with Crippen LogP contribution < -0.4 is 10.6 Å². The molecule has 0 saturated carbocycles. The Balaban J connectivity index is 1.41. The van der Waals surface area contributed by atoms with Crippen molar-refractivity contribution >= 4 is 5.96 Å². The van der Waals surface area contributed by atoms with Crippen LogP contribution in [0.2, 0.25) is 0 Å². The van der Waals surface area contributed by atoms with Gasteiger partial charge in [0.1, 0.15) is 5.82 Å². The third kappa shape index (κ3) is 4.93. The molecule has 3 heterocycles. The normalized spacial score (nSPS) is 11.6. The van der Waals surface area contributed by atoms with E-state index >= 15 is 0 Å². The van der Waals surface area contributed by atoms with E-state index in [0.29, 0.717) is 36.5 Å². The number of H-pyrrole nitrogens is 1. The largest absolute Gasteiger partial charge is 0.461 e. The summed E-state index contributed by atoms with van der Waals surface area (Å²) in [6.07, 6.45) is 5.35. The van der Waals surface area contributed by atoms with Gasteiger partial charge in [0.2, 0.25) is 5.82 Å². The second-order valence-corrected chi connectivity index (χ2v) is 6.60. The molecule has 0 atom stereocenters. The minimum atomic E-state index is 0.467. The molecule has 0 unspecified atom stereocenters. The Hall–Kier alpha value is -3.88. The van der Waals surface area contributed by atoms with Crippen molar-refractivity contribution < 1.29 is 4.42 Å². The molecular formula is C21H24N8O. The quantitative estimate of drug-likeness (QED) is 0.308.